The molecule has 2 aliphatic rings. The summed E-state index contributed by atoms with van der Waals surface area (Å²) in [7, 11) is -2.84. The highest BCUT2D eigenvalue weighted by Crippen LogP contribution is 2.25. The number of sulfone groups is 1. The molecular weight excluding hydrogens is 272 g/mol. The molecule has 2 aliphatic heterocycles. The Morgan fingerprint density at radius 3 is 2.65 bits per heavy atom. The minimum atomic E-state index is -2.84. The molecule has 1 aromatic carbocycles. The minimum Gasteiger partial charge on any atom is -0.296 e. The first kappa shape index (κ1) is 14.0. The molecule has 0 aliphatic carbocycles. The van der Waals surface area contributed by atoms with E-state index in [1.807, 2.05) is 6.07 Å². The molecule has 5 heteroatoms. The maximum Gasteiger partial charge on any atom is 0.153 e. The molecule has 0 radical (unpaired) electrons. The monoisotopic (exact) mass is 294 g/mol. The van der Waals surface area contributed by atoms with E-state index in [1.165, 1.54) is 5.56 Å². The van der Waals surface area contributed by atoms with Crippen molar-refractivity contribution in [3.05, 3.63) is 35.9 Å². The van der Waals surface area contributed by atoms with Crippen LogP contribution in [0.2, 0.25) is 0 Å². The lowest BCUT2D eigenvalue weighted by molar-refractivity contribution is 0.0616. The summed E-state index contributed by atoms with van der Waals surface area (Å²) in [6.45, 7) is 5.78. The zero-order valence-corrected chi connectivity index (χ0v) is 12.7. The second kappa shape index (κ2) is 5.47. The highest BCUT2D eigenvalue weighted by atomic mass is 32.2. The van der Waals surface area contributed by atoms with Crippen molar-refractivity contribution in [2.45, 2.75) is 19.0 Å². The summed E-state index contributed by atoms with van der Waals surface area (Å²) < 4.78 is 23.6. The number of hydrogen-bond donors (Lipinski definition) is 0. The van der Waals surface area contributed by atoms with Crippen molar-refractivity contribution in [3.8, 4) is 0 Å². The Hall–Kier alpha value is -0.910. The largest absolute Gasteiger partial charge is 0.296 e. The fraction of sp³-hybridized carbons (Fsp3) is 0.600. The second-order valence-electron chi connectivity index (χ2n) is 5.89. The van der Waals surface area contributed by atoms with E-state index in [-0.39, 0.29) is 6.04 Å². The molecule has 0 bridgehead atoms. The molecule has 1 aromatic rings. The van der Waals surface area contributed by atoms with Crippen LogP contribution in [0.1, 0.15) is 18.5 Å². The summed E-state index contributed by atoms with van der Waals surface area (Å²) in [5, 5.41) is 0. The maximum atomic E-state index is 11.8. The number of rotatable bonds is 2. The van der Waals surface area contributed by atoms with Gasteiger partial charge >= 0.3 is 0 Å². The maximum absolute atomic E-state index is 11.8. The van der Waals surface area contributed by atoms with Gasteiger partial charge in [-0.15, -0.1) is 0 Å². The molecule has 0 amide bonds. The average Bonchev–Trinajstić information content (AvgIpc) is 2.45. The summed E-state index contributed by atoms with van der Waals surface area (Å²) in [4.78, 5) is 4.76. The fourth-order valence-corrected chi connectivity index (χ4v) is 4.88. The van der Waals surface area contributed by atoms with E-state index in [2.05, 4.69) is 41.0 Å². The lowest BCUT2D eigenvalue weighted by Gasteiger charge is -2.45. The molecule has 2 fully saturated rings. The van der Waals surface area contributed by atoms with Gasteiger partial charge in [0.1, 0.15) is 0 Å². The van der Waals surface area contributed by atoms with Gasteiger partial charge in [-0.05, 0) is 12.5 Å². The van der Waals surface area contributed by atoms with E-state index >= 15 is 0 Å². The standard InChI is InChI=1S/C15H22N2O2S/c1-13(14-5-3-2-4-6-14)17-8-7-16-9-10-20(18,19)12-15(16)11-17/h2-6,13,15H,7-12H2,1H3/t13-,15+/m1/s1. The number of benzene rings is 1. The summed E-state index contributed by atoms with van der Waals surface area (Å²) in [5.74, 6) is 0.656. The van der Waals surface area contributed by atoms with Crippen molar-refractivity contribution in [2.24, 2.45) is 0 Å². The molecular formula is C15H22N2O2S. The predicted octanol–water partition coefficient (Wildman–Crippen LogP) is 1.16. The first-order chi connectivity index (χ1) is 9.55. The van der Waals surface area contributed by atoms with E-state index in [1.54, 1.807) is 0 Å². The molecule has 0 aromatic heterocycles. The summed E-state index contributed by atoms with van der Waals surface area (Å²) in [6.07, 6.45) is 0. The normalized spacial score (nSPS) is 28.8. The van der Waals surface area contributed by atoms with E-state index in [0.717, 1.165) is 19.6 Å². The predicted molar refractivity (Wildman–Crippen MR) is 80.4 cm³/mol. The fourth-order valence-electron chi connectivity index (χ4n) is 3.30. The third-order valence-corrected chi connectivity index (χ3v) is 6.30. The van der Waals surface area contributed by atoms with Gasteiger partial charge in [0.2, 0.25) is 0 Å². The zero-order valence-electron chi connectivity index (χ0n) is 11.9. The lowest BCUT2D eigenvalue weighted by atomic mass is 10.0. The number of fused-ring (bicyclic) bond motifs is 1. The molecule has 0 unspecified atom stereocenters. The van der Waals surface area contributed by atoms with Crippen molar-refractivity contribution in [3.63, 3.8) is 0 Å². The van der Waals surface area contributed by atoms with Crippen LogP contribution in [-0.2, 0) is 9.84 Å². The van der Waals surface area contributed by atoms with Gasteiger partial charge < -0.3 is 0 Å². The Labute approximate surface area is 121 Å². The minimum absolute atomic E-state index is 0.175. The van der Waals surface area contributed by atoms with Gasteiger partial charge in [-0.2, -0.15) is 0 Å². The van der Waals surface area contributed by atoms with Crippen LogP contribution in [0.3, 0.4) is 0 Å². The molecule has 2 atom stereocenters. The zero-order chi connectivity index (χ0) is 14.2. The van der Waals surface area contributed by atoms with Crippen molar-refractivity contribution in [2.75, 3.05) is 37.7 Å². The van der Waals surface area contributed by atoms with Gasteiger partial charge in [0.05, 0.1) is 11.5 Å². The van der Waals surface area contributed by atoms with Crippen molar-refractivity contribution >= 4 is 9.84 Å². The Balaban J connectivity index is 1.71. The Bertz CT molecular complexity index is 558. The Morgan fingerprint density at radius 1 is 1.15 bits per heavy atom. The van der Waals surface area contributed by atoms with Crippen LogP contribution in [-0.4, -0.2) is 61.9 Å². The van der Waals surface area contributed by atoms with Crippen LogP contribution in [0.15, 0.2) is 30.3 Å². The van der Waals surface area contributed by atoms with Gasteiger partial charge in [0, 0.05) is 38.3 Å². The van der Waals surface area contributed by atoms with E-state index in [9.17, 15) is 8.42 Å². The molecule has 110 valence electrons. The van der Waals surface area contributed by atoms with Crippen LogP contribution < -0.4 is 0 Å². The van der Waals surface area contributed by atoms with Gasteiger partial charge in [-0.3, -0.25) is 9.80 Å². The highest BCUT2D eigenvalue weighted by molar-refractivity contribution is 7.91. The van der Waals surface area contributed by atoms with E-state index in [4.69, 9.17) is 0 Å². The molecule has 20 heavy (non-hydrogen) atoms. The van der Waals surface area contributed by atoms with Gasteiger partial charge in [0.15, 0.2) is 9.84 Å². The van der Waals surface area contributed by atoms with Crippen LogP contribution in [0.25, 0.3) is 0 Å². The first-order valence-corrected chi connectivity index (χ1v) is 9.11. The SMILES string of the molecule is C[C@H](c1ccccc1)N1CCN2CCS(=O)(=O)C[C@@H]2C1. The Kier molecular flexibility index (Phi) is 3.84. The van der Waals surface area contributed by atoms with Gasteiger partial charge in [-0.25, -0.2) is 8.42 Å². The average molecular weight is 294 g/mol. The van der Waals surface area contributed by atoms with Gasteiger partial charge in [-0.1, -0.05) is 30.3 Å². The summed E-state index contributed by atoms with van der Waals surface area (Å²) in [6, 6.07) is 11.0. The highest BCUT2D eigenvalue weighted by Gasteiger charge is 2.36. The number of nitrogens with zero attached hydrogens (tertiary/aromatic N) is 2. The van der Waals surface area contributed by atoms with Crippen LogP contribution >= 0.6 is 0 Å². The molecule has 3 rings (SSSR count). The molecule has 0 saturated carbocycles. The number of piperazine rings is 1. The smallest absolute Gasteiger partial charge is 0.153 e. The molecule has 0 spiro atoms. The van der Waals surface area contributed by atoms with Gasteiger partial charge in [0.25, 0.3) is 0 Å². The van der Waals surface area contributed by atoms with Crippen LogP contribution in [0.4, 0.5) is 0 Å². The topological polar surface area (TPSA) is 40.6 Å². The van der Waals surface area contributed by atoms with E-state index < -0.39 is 9.84 Å². The molecule has 2 saturated heterocycles. The Morgan fingerprint density at radius 2 is 1.90 bits per heavy atom. The first-order valence-electron chi connectivity index (χ1n) is 7.29. The van der Waals surface area contributed by atoms with E-state index in [0.29, 0.717) is 24.1 Å². The van der Waals surface area contributed by atoms with Crippen LogP contribution in [0, 0.1) is 0 Å². The third kappa shape index (κ3) is 2.90. The van der Waals surface area contributed by atoms with Crippen molar-refractivity contribution in [1.82, 2.24) is 9.80 Å². The van der Waals surface area contributed by atoms with Crippen molar-refractivity contribution in [1.29, 1.82) is 0 Å². The summed E-state index contributed by atoms with van der Waals surface area (Å²) >= 11 is 0. The van der Waals surface area contributed by atoms with Crippen molar-refractivity contribution < 1.29 is 8.42 Å². The second-order valence-corrected chi connectivity index (χ2v) is 8.11. The number of hydrogen-bond acceptors (Lipinski definition) is 4. The molecule has 2 heterocycles. The van der Waals surface area contributed by atoms with Crippen LogP contribution in [0.5, 0.6) is 0 Å². The molecule has 4 nitrogen and oxygen atoms in total. The third-order valence-electron chi connectivity index (χ3n) is 4.60. The molecule has 0 N–H and O–H groups in total. The lowest BCUT2D eigenvalue weighted by Crippen LogP contribution is -2.59. The summed E-state index contributed by atoms with van der Waals surface area (Å²) in [5.41, 5.74) is 1.31. The quantitative estimate of drug-likeness (QED) is 0.821.